The molecule has 0 fully saturated rings. The summed E-state index contributed by atoms with van der Waals surface area (Å²) in [6.07, 6.45) is 0. The first kappa shape index (κ1) is 11.7. The summed E-state index contributed by atoms with van der Waals surface area (Å²) < 4.78 is 15.4. The van der Waals surface area contributed by atoms with E-state index in [1.54, 1.807) is 0 Å². The van der Waals surface area contributed by atoms with E-state index in [4.69, 9.17) is 0 Å². The van der Waals surface area contributed by atoms with Crippen LogP contribution in [0.1, 0.15) is 11.1 Å². The lowest BCUT2D eigenvalue weighted by molar-refractivity contribution is 0.686. The van der Waals surface area contributed by atoms with Crippen molar-refractivity contribution < 1.29 is 4.21 Å². The Bertz CT molecular complexity index is 880. The van der Waals surface area contributed by atoms with E-state index in [1.807, 2.05) is 30.3 Å². The van der Waals surface area contributed by atoms with Gasteiger partial charge in [0.2, 0.25) is 0 Å². The molecular formula is C16H14N2OS. The van der Waals surface area contributed by atoms with E-state index in [0.717, 1.165) is 27.4 Å². The summed E-state index contributed by atoms with van der Waals surface area (Å²) in [5, 5.41) is 1.17. The SMILES string of the molecule is Cc1ccc2c(c1C)-c1c([nH]c3ccccc13)NS2=O. The molecule has 0 radical (unpaired) electrons. The Morgan fingerprint density at radius 3 is 2.65 bits per heavy atom. The van der Waals surface area contributed by atoms with Gasteiger partial charge in [0.25, 0.3) is 0 Å². The molecule has 3 aromatic rings. The molecule has 1 aliphatic rings. The lowest BCUT2D eigenvalue weighted by Gasteiger charge is -2.20. The Morgan fingerprint density at radius 2 is 1.80 bits per heavy atom. The van der Waals surface area contributed by atoms with Crippen LogP contribution < -0.4 is 4.72 Å². The molecule has 1 unspecified atom stereocenters. The zero-order valence-corrected chi connectivity index (χ0v) is 12.1. The number of hydrogen-bond donors (Lipinski definition) is 2. The van der Waals surface area contributed by atoms with Crippen LogP contribution in [-0.4, -0.2) is 9.19 Å². The minimum Gasteiger partial charge on any atom is -0.340 e. The molecule has 2 N–H and O–H groups in total. The van der Waals surface area contributed by atoms with E-state index in [0.29, 0.717) is 0 Å². The van der Waals surface area contributed by atoms with Crippen molar-refractivity contribution in [2.45, 2.75) is 18.7 Å². The summed E-state index contributed by atoms with van der Waals surface area (Å²) in [6, 6.07) is 12.2. The fourth-order valence-electron chi connectivity index (χ4n) is 2.88. The van der Waals surface area contributed by atoms with E-state index in [1.165, 1.54) is 16.5 Å². The third kappa shape index (κ3) is 1.42. The molecule has 1 atom stereocenters. The summed E-state index contributed by atoms with van der Waals surface area (Å²) in [4.78, 5) is 4.20. The molecule has 1 aliphatic heterocycles. The van der Waals surface area contributed by atoms with Crippen molar-refractivity contribution >= 4 is 27.7 Å². The van der Waals surface area contributed by atoms with Crippen LogP contribution in [0.25, 0.3) is 22.0 Å². The fraction of sp³-hybridized carbons (Fsp3) is 0.125. The summed E-state index contributed by atoms with van der Waals surface area (Å²) in [7, 11) is -1.20. The smallest absolute Gasteiger partial charge is 0.152 e. The highest BCUT2D eigenvalue weighted by atomic mass is 32.2. The second-order valence-corrected chi connectivity index (χ2v) is 6.35. The van der Waals surface area contributed by atoms with E-state index in [-0.39, 0.29) is 0 Å². The van der Waals surface area contributed by atoms with E-state index in [9.17, 15) is 4.21 Å². The van der Waals surface area contributed by atoms with Gasteiger partial charge in [-0.05, 0) is 37.1 Å². The molecule has 20 heavy (non-hydrogen) atoms. The Morgan fingerprint density at radius 1 is 1.00 bits per heavy atom. The van der Waals surface area contributed by atoms with Crippen LogP contribution in [-0.2, 0) is 11.0 Å². The molecule has 100 valence electrons. The number of H-pyrrole nitrogens is 1. The van der Waals surface area contributed by atoms with Crippen molar-refractivity contribution in [2.24, 2.45) is 0 Å². The summed E-state index contributed by atoms with van der Waals surface area (Å²) in [5.41, 5.74) is 5.73. The van der Waals surface area contributed by atoms with Crippen LogP contribution in [0, 0.1) is 13.8 Å². The van der Waals surface area contributed by atoms with Gasteiger partial charge in [-0.15, -0.1) is 0 Å². The van der Waals surface area contributed by atoms with Crippen LogP contribution in [0.4, 0.5) is 5.82 Å². The van der Waals surface area contributed by atoms with Crippen molar-refractivity contribution in [1.29, 1.82) is 0 Å². The molecule has 0 bridgehead atoms. The van der Waals surface area contributed by atoms with Crippen molar-refractivity contribution in [3.8, 4) is 11.1 Å². The zero-order valence-electron chi connectivity index (χ0n) is 11.3. The molecule has 2 heterocycles. The Kier molecular flexibility index (Phi) is 2.32. The molecule has 1 aromatic heterocycles. The van der Waals surface area contributed by atoms with Gasteiger partial charge >= 0.3 is 0 Å². The number of aryl methyl sites for hydroxylation is 1. The minimum atomic E-state index is -1.20. The molecule has 4 heteroatoms. The highest BCUT2D eigenvalue weighted by Crippen LogP contribution is 2.44. The highest BCUT2D eigenvalue weighted by molar-refractivity contribution is 7.86. The third-order valence-electron chi connectivity index (χ3n) is 4.05. The lowest BCUT2D eigenvalue weighted by atomic mass is 9.96. The maximum Gasteiger partial charge on any atom is 0.152 e. The second kappa shape index (κ2) is 3.96. The van der Waals surface area contributed by atoms with Gasteiger partial charge in [-0.25, -0.2) is 4.21 Å². The van der Waals surface area contributed by atoms with Crippen molar-refractivity contribution in [2.75, 3.05) is 4.72 Å². The van der Waals surface area contributed by atoms with E-state index >= 15 is 0 Å². The Balaban J connectivity index is 2.19. The summed E-state index contributed by atoms with van der Waals surface area (Å²) in [6.45, 7) is 4.19. The fourth-order valence-corrected chi connectivity index (χ4v) is 3.96. The summed E-state index contributed by atoms with van der Waals surface area (Å²) in [5.74, 6) is 0.853. The second-order valence-electron chi connectivity index (χ2n) is 5.17. The Hall–Kier alpha value is -2.07. The number of benzene rings is 2. The van der Waals surface area contributed by atoms with Gasteiger partial charge in [-0.1, -0.05) is 24.3 Å². The van der Waals surface area contributed by atoms with Gasteiger partial charge in [0.1, 0.15) is 5.82 Å². The Labute approximate surface area is 119 Å². The highest BCUT2D eigenvalue weighted by Gasteiger charge is 2.26. The molecule has 2 aromatic carbocycles. The summed E-state index contributed by atoms with van der Waals surface area (Å²) >= 11 is 0. The molecule has 0 amide bonds. The minimum absolute atomic E-state index is 0.853. The monoisotopic (exact) mass is 282 g/mol. The molecule has 3 nitrogen and oxygen atoms in total. The largest absolute Gasteiger partial charge is 0.340 e. The average Bonchev–Trinajstić information content (AvgIpc) is 2.80. The van der Waals surface area contributed by atoms with Gasteiger partial charge in [0, 0.05) is 22.0 Å². The number of hydrogen-bond acceptors (Lipinski definition) is 1. The topological polar surface area (TPSA) is 44.9 Å². The average molecular weight is 282 g/mol. The van der Waals surface area contributed by atoms with Gasteiger partial charge < -0.3 is 4.98 Å². The van der Waals surface area contributed by atoms with Crippen LogP contribution >= 0.6 is 0 Å². The van der Waals surface area contributed by atoms with Crippen molar-refractivity contribution in [3.05, 3.63) is 47.5 Å². The predicted molar refractivity (Wildman–Crippen MR) is 83.2 cm³/mol. The molecular weight excluding hydrogens is 268 g/mol. The van der Waals surface area contributed by atoms with Crippen molar-refractivity contribution in [3.63, 3.8) is 0 Å². The quantitative estimate of drug-likeness (QED) is 0.645. The van der Waals surface area contributed by atoms with E-state index < -0.39 is 11.0 Å². The van der Waals surface area contributed by atoms with Gasteiger partial charge in [-0.3, -0.25) is 4.72 Å². The van der Waals surface area contributed by atoms with Crippen LogP contribution in [0.5, 0.6) is 0 Å². The van der Waals surface area contributed by atoms with Gasteiger partial charge in [0.05, 0.1) is 4.90 Å². The van der Waals surface area contributed by atoms with Crippen LogP contribution in [0.15, 0.2) is 41.3 Å². The van der Waals surface area contributed by atoms with Crippen molar-refractivity contribution in [1.82, 2.24) is 4.98 Å². The van der Waals surface area contributed by atoms with Gasteiger partial charge in [-0.2, -0.15) is 0 Å². The first-order valence-electron chi connectivity index (χ1n) is 6.56. The number of rotatable bonds is 0. The molecule has 0 saturated carbocycles. The number of aromatic nitrogens is 1. The first-order chi connectivity index (χ1) is 9.66. The molecule has 0 aliphatic carbocycles. The molecule has 4 rings (SSSR count). The predicted octanol–water partition coefficient (Wildman–Crippen LogP) is 3.90. The number of aromatic amines is 1. The maximum absolute atomic E-state index is 12.4. The number of nitrogens with one attached hydrogen (secondary N) is 2. The standard InChI is InChI=1S/C16H14N2OS/c1-9-7-8-13-14(10(9)2)15-11-5-3-4-6-12(11)17-16(15)18-20(13)19/h3-8,17-18H,1-2H3. The molecule has 0 saturated heterocycles. The van der Waals surface area contributed by atoms with Gasteiger partial charge in [0.15, 0.2) is 11.0 Å². The molecule has 0 spiro atoms. The van der Waals surface area contributed by atoms with Crippen LogP contribution in [0.3, 0.4) is 0 Å². The zero-order chi connectivity index (χ0) is 13.9. The number of fused-ring (bicyclic) bond motifs is 5. The van der Waals surface area contributed by atoms with Crippen LogP contribution in [0.2, 0.25) is 0 Å². The maximum atomic E-state index is 12.4. The van der Waals surface area contributed by atoms with E-state index in [2.05, 4.69) is 29.6 Å². The lowest BCUT2D eigenvalue weighted by Crippen LogP contribution is -2.13. The normalized spacial score (nSPS) is 16.6. The number of para-hydroxylation sites is 1. The third-order valence-corrected chi connectivity index (χ3v) is 5.18. The number of anilines is 1. The first-order valence-corrected chi connectivity index (χ1v) is 7.71.